The molecule has 0 bridgehead atoms. The number of rotatable bonds is 2. The summed E-state index contributed by atoms with van der Waals surface area (Å²) in [6.07, 6.45) is 0. The van der Waals surface area contributed by atoms with E-state index in [-0.39, 0.29) is 20.6 Å². The van der Waals surface area contributed by atoms with Crippen LogP contribution in [0.2, 0.25) is 5.02 Å². The molecule has 0 unspecified atom stereocenters. The third-order valence-corrected chi connectivity index (χ3v) is 2.86. The Morgan fingerprint density at radius 2 is 2.15 bits per heavy atom. The Kier molecular flexibility index (Phi) is 3.88. The molecule has 5 heteroatoms. The van der Waals surface area contributed by atoms with Crippen molar-refractivity contribution < 1.29 is 9.18 Å². The molecule has 0 aliphatic carbocycles. The zero-order chi connectivity index (χ0) is 10.0. The zero-order valence-corrected chi connectivity index (χ0v) is 10.2. The predicted molar refractivity (Wildman–Crippen MR) is 57.2 cm³/mol. The molecule has 0 saturated heterocycles. The minimum atomic E-state index is -0.476. The summed E-state index contributed by atoms with van der Waals surface area (Å²) in [7, 11) is 0. The summed E-state index contributed by atoms with van der Waals surface area (Å²) < 4.78 is 13.1. The number of ketones is 1. The Morgan fingerprint density at radius 1 is 1.54 bits per heavy atom. The Morgan fingerprint density at radius 3 is 2.69 bits per heavy atom. The van der Waals surface area contributed by atoms with Crippen LogP contribution >= 0.6 is 43.5 Å². The van der Waals surface area contributed by atoms with Gasteiger partial charge in [0.15, 0.2) is 5.78 Å². The normalized spacial score (nSPS) is 10.2. The minimum absolute atomic E-state index is 0.130. The largest absolute Gasteiger partial charge is 0.293 e. The molecule has 0 N–H and O–H groups in total. The quantitative estimate of drug-likeness (QED) is 0.458. The monoisotopic (exact) mass is 328 g/mol. The lowest BCUT2D eigenvalue weighted by Gasteiger charge is -2.02. The smallest absolute Gasteiger partial charge is 0.174 e. The maximum absolute atomic E-state index is 12.9. The number of benzene rings is 1. The number of halogens is 4. The van der Waals surface area contributed by atoms with E-state index in [0.29, 0.717) is 5.56 Å². The van der Waals surface area contributed by atoms with Crippen LogP contribution in [0.15, 0.2) is 16.6 Å². The highest BCUT2D eigenvalue weighted by Gasteiger charge is 2.12. The summed E-state index contributed by atoms with van der Waals surface area (Å²) in [4.78, 5) is 11.2. The van der Waals surface area contributed by atoms with Crippen LogP contribution in [0, 0.1) is 5.82 Å². The van der Waals surface area contributed by atoms with Crippen molar-refractivity contribution in [1.29, 1.82) is 0 Å². The van der Waals surface area contributed by atoms with E-state index in [9.17, 15) is 9.18 Å². The highest BCUT2D eigenvalue weighted by atomic mass is 79.9. The van der Waals surface area contributed by atoms with E-state index in [1.165, 1.54) is 6.07 Å². The third-order valence-electron chi connectivity index (χ3n) is 1.43. The van der Waals surface area contributed by atoms with Gasteiger partial charge >= 0.3 is 0 Å². The van der Waals surface area contributed by atoms with Crippen molar-refractivity contribution in [1.82, 2.24) is 0 Å². The molecule has 13 heavy (non-hydrogen) atoms. The van der Waals surface area contributed by atoms with Crippen LogP contribution in [0.25, 0.3) is 0 Å². The maximum atomic E-state index is 12.9. The van der Waals surface area contributed by atoms with Crippen LogP contribution in [-0.4, -0.2) is 11.1 Å². The van der Waals surface area contributed by atoms with E-state index in [2.05, 4.69) is 31.9 Å². The van der Waals surface area contributed by atoms with Gasteiger partial charge in [0.2, 0.25) is 0 Å². The van der Waals surface area contributed by atoms with E-state index in [4.69, 9.17) is 11.6 Å². The molecular formula is C8H4Br2ClFO. The fourth-order valence-electron chi connectivity index (χ4n) is 0.808. The van der Waals surface area contributed by atoms with Crippen LogP contribution in [-0.2, 0) is 0 Å². The van der Waals surface area contributed by atoms with Gasteiger partial charge in [0, 0.05) is 5.56 Å². The fraction of sp³-hybridized carbons (Fsp3) is 0.125. The number of Topliss-reactive ketones (excluding diaryl/α,β-unsaturated/α-hetero) is 1. The second-order valence-electron chi connectivity index (χ2n) is 2.30. The summed E-state index contributed by atoms with van der Waals surface area (Å²) in [6, 6.07) is 2.49. The molecule has 0 heterocycles. The minimum Gasteiger partial charge on any atom is -0.293 e. The van der Waals surface area contributed by atoms with Crippen molar-refractivity contribution in [2.24, 2.45) is 0 Å². The number of hydrogen-bond donors (Lipinski definition) is 0. The molecule has 0 saturated carbocycles. The molecule has 0 radical (unpaired) electrons. The summed E-state index contributed by atoms with van der Waals surface area (Å²) in [5.74, 6) is -0.651. The summed E-state index contributed by atoms with van der Waals surface area (Å²) in [5, 5.41) is 0.301. The molecule has 1 aromatic carbocycles. The van der Waals surface area contributed by atoms with E-state index < -0.39 is 5.82 Å². The van der Waals surface area contributed by atoms with Gasteiger partial charge in [0.05, 0.1) is 14.8 Å². The lowest BCUT2D eigenvalue weighted by Crippen LogP contribution is -2.01. The van der Waals surface area contributed by atoms with E-state index in [1.807, 2.05) is 0 Å². The first-order valence-corrected chi connectivity index (χ1v) is 5.59. The molecule has 0 amide bonds. The molecule has 0 fully saturated rings. The first-order valence-electron chi connectivity index (χ1n) is 3.30. The summed E-state index contributed by atoms with van der Waals surface area (Å²) >= 11 is 11.7. The van der Waals surface area contributed by atoms with Crippen LogP contribution in [0.4, 0.5) is 4.39 Å². The van der Waals surface area contributed by atoms with E-state index in [1.54, 1.807) is 0 Å². The van der Waals surface area contributed by atoms with Gasteiger partial charge in [0.25, 0.3) is 0 Å². The van der Waals surface area contributed by atoms with Gasteiger partial charge in [-0.3, -0.25) is 4.79 Å². The zero-order valence-electron chi connectivity index (χ0n) is 6.28. The highest BCUT2D eigenvalue weighted by Crippen LogP contribution is 2.25. The predicted octanol–water partition coefficient (Wildman–Crippen LogP) is 3.82. The Labute approximate surface area is 96.5 Å². The Balaban J connectivity index is 3.23. The molecule has 1 rings (SSSR count). The van der Waals surface area contributed by atoms with Crippen molar-refractivity contribution in [3.05, 3.63) is 33.0 Å². The van der Waals surface area contributed by atoms with Crippen molar-refractivity contribution in [3.8, 4) is 0 Å². The van der Waals surface area contributed by atoms with Crippen LogP contribution < -0.4 is 0 Å². The SMILES string of the molecule is O=C(CBr)c1cc(Br)c(F)cc1Cl. The molecule has 0 aromatic heterocycles. The Bertz CT molecular complexity index is 354. The standard InChI is InChI=1S/C8H4Br2ClFO/c9-3-8(13)4-1-5(10)7(12)2-6(4)11/h1-2H,3H2. The Hall–Kier alpha value is 0.0700. The molecule has 1 nitrogen and oxygen atoms in total. The van der Waals surface area contributed by atoms with Crippen LogP contribution in [0.3, 0.4) is 0 Å². The molecule has 70 valence electrons. The highest BCUT2D eigenvalue weighted by molar-refractivity contribution is 9.10. The van der Waals surface area contributed by atoms with Crippen molar-refractivity contribution in [2.75, 3.05) is 5.33 Å². The van der Waals surface area contributed by atoms with Crippen LogP contribution in [0.5, 0.6) is 0 Å². The lowest BCUT2D eigenvalue weighted by atomic mass is 10.1. The number of carbonyl (C=O) groups excluding carboxylic acids is 1. The van der Waals surface area contributed by atoms with Gasteiger partial charge in [-0.05, 0) is 28.1 Å². The molecule has 0 aliphatic rings. The first kappa shape index (κ1) is 11.1. The topological polar surface area (TPSA) is 17.1 Å². The van der Waals surface area contributed by atoms with Gasteiger partial charge in [0.1, 0.15) is 5.82 Å². The average molecular weight is 330 g/mol. The van der Waals surface area contributed by atoms with Crippen molar-refractivity contribution in [2.45, 2.75) is 0 Å². The van der Waals surface area contributed by atoms with Gasteiger partial charge in [-0.1, -0.05) is 27.5 Å². The van der Waals surface area contributed by atoms with E-state index >= 15 is 0 Å². The van der Waals surface area contributed by atoms with Crippen molar-refractivity contribution in [3.63, 3.8) is 0 Å². The average Bonchev–Trinajstić information content (AvgIpc) is 2.10. The van der Waals surface area contributed by atoms with Gasteiger partial charge in [-0.15, -0.1) is 0 Å². The van der Waals surface area contributed by atoms with Gasteiger partial charge < -0.3 is 0 Å². The third kappa shape index (κ3) is 2.51. The van der Waals surface area contributed by atoms with Crippen LogP contribution in [0.1, 0.15) is 10.4 Å². The molecular weight excluding hydrogens is 326 g/mol. The van der Waals surface area contributed by atoms with Gasteiger partial charge in [-0.25, -0.2) is 4.39 Å². The lowest BCUT2D eigenvalue weighted by molar-refractivity contribution is 0.102. The molecule has 0 spiro atoms. The summed E-state index contributed by atoms with van der Waals surface area (Å²) in [6.45, 7) is 0. The molecule has 0 atom stereocenters. The first-order chi connectivity index (χ1) is 6.06. The second kappa shape index (κ2) is 4.53. The maximum Gasteiger partial charge on any atom is 0.174 e. The van der Waals surface area contributed by atoms with E-state index in [0.717, 1.165) is 6.07 Å². The molecule has 0 aliphatic heterocycles. The summed E-state index contributed by atoms with van der Waals surface area (Å²) in [5.41, 5.74) is 0.312. The van der Waals surface area contributed by atoms with Crippen molar-refractivity contribution >= 4 is 49.2 Å². The second-order valence-corrected chi connectivity index (χ2v) is 4.13. The number of carbonyl (C=O) groups is 1. The molecule has 1 aromatic rings. The number of alkyl halides is 1. The fourth-order valence-corrected chi connectivity index (χ4v) is 1.71. The number of hydrogen-bond acceptors (Lipinski definition) is 1. The van der Waals surface area contributed by atoms with Gasteiger partial charge in [-0.2, -0.15) is 0 Å².